The molecule has 1 N–H and O–H groups in total. The molecule has 0 amide bonds. The van der Waals surface area contributed by atoms with Gasteiger partial charge in [-0.2, -0.15) is 13.2 Å². The fraction of sp³-hybridized carbons (Fsp3) is 0.292. The van der Waals surface area contributed by atoms with Crippen LogP contribution in [0.2, 0.25) is 5.02 Å². The number of carbonyl (C=O) groups is 1. The van der Waals surface area contributed by atoms with E-state index in [1.807, 2.05) is 30.5 Å². The average Bonchev–Trinajstić information content (AvgIpc) is 3.17. The number of ether oxygens (including phenoxy) is 1. The lowest BCUT2D eigenvalue weighted by atomic mass is 10.0. The van der Waals surface area contributed by atoms with Crippen LogP contribution < -0.4 is 5.32 Å². The summed E-state index contributed by atoms with van der Waals surface area (Å²) in [6.45, 7) is 3.38. The number of nitrogens with zero attached hydrogens (tertiary/aromatic N) is 1. The molecule has 1 heterocycles. The number of rotatable bonds is 8. The Morgan fingerprint density at radius 3 is 2.52 bits per heavy atom. The number of esters is 1. The van der Waals surface area contributed by atoms with Gasteiger partial charge in [0.15, 0.2) is 6.73 Å². The maximum atomic E-state index is 14.2. The monoisotopic (exact) mass is 482 g/mol. The van der Waals surface area contributed by atoms with Gasteiger partial charge in [0.2, 0.25) is 0 Å². The molecule has 4 nitrogen and oxygen atoms in total. The van der Waals surface area contributed by atoms with Crippen molar-refractivity contribution in [3.63, 3.8) is 0 Å². The van der Waals surface area contributed by atoms with Gasteiger partial charge in [-0.05, 0) is 59.9 Å². The summed E-state index contributed by atoms with van der Waals surface area (Å²) in [5, 5.41) is 3.32. The van der Waals surface area contributed by atoms with E-state index in [4.69, 9.17) is 16.3 Å². The molecule has 3 rings (SSSR count). The molecule has 2 aromatic carbocycles. The molecule has 0 spiro atoms. The predicted octanol–water partition coefficient (Wildman–Crippen LogP) is 6.53. The van der Waals surface area contributed by atoms with Gasteiger partial charge in [-0.15, -0.1) is 0 Å². The van der Waals surface area contributed by atoms with Crippen LogP contribution in [-0.2, 0) is 28.9 Å². The zero-order valence-electron chi connectivity index (χ0n) is 18.0. The number of hydrogen-bond donors (Lipinski definition) is 1. The van der Waals surface area contributed by atoms with Crippen molar-refractivity contribution in [1.29, 1.82) is 0 Å². The van der Waals surface area contributed by atoms with Crippen molar-refractivity contribution in [2.45, 2.75) is 39.2 Å². The van der Waals surface area contributed by atoms with Crippen LogP contribution in [-0.4, -0.2) is 16.6 Å². The third kappa shape index (κ3) is 6.74. The normalized spacial score (nSPS) is 12.6. The van der Waals surface area contributed by atoms with Crippen LogP contribution in [0.15, 0.2) is 60.9 Å². The minimum absolute atomic E-state index is 0.0607. The van der Waals surface area contributed by atoms with Crippen LogP contribution in [0.5, 0.6) is 0 Å². The van der Waals surface area contributed by atoms with Gasteiger partial charge in [-0.1, -0.05) is 37.6 Å². The minimum Gasteiger partial charge on any atom is -0.442 e. The molecule has 0 saturated carbocycles. The fourth-order valence-corrected chi connectivity index (χ4v) is 3.47. The van der Waals surface area contributed by atoms with E-state index in [0.717, 1.165) is 23.3 Å². The molecule has 9 heteroatoms. The fourth-order valence-electron chi connectivity index (χ4n) is 3.26. The van der Waals surface area contributed by atoms with Gasteiger partial charge >= 0.3 is 12.1 Å². The van der Waals surface area contributed by atoms with Crippen molar-refractivity contribution in [1.82, 2.24) is 4.57 Å². The maximum Gasteiger partial charge on any atom is 0.416 e. The Balaban J connectivity index is 1.61. The van der Waals surface area contributed by atoms with E-state index in [-0.39, 0.29) is 18.3 Å². The molecule has 33 heavy (non-hydrogen) atoms. The van der Waals surface area contributed by atoms with Gasteiger partial charge in [0, 0.05) is 17.4 Å². The van der Waals surface area contributed by atoms with E-state index >= 15 is 0 Å². The van der Waals surface area contributed by atoms with Gasteiger partial charge in [-0.25, -0.2) is 9.18 Å². The summed E-state index contributed by atoms with van der Waals surface area (Å²) in [5.41, 5.74) is 0.734. The van der Waals surface area contributed by atoms with Crippen LogP contribution in [0.3, 0.4) is 0 Å². The number of halogens is 5. The molecule has 1 aromatic heterocycles. The first-order valence-electron chi connectivity index (χ1n) is 10.2. The Labute approximate surface area is 194 Å². The minimum atomic E-state index is -4.65. The van der Waals surface area contributed by atoms with E-state index in [9.17, 15) is 22.4 Å². The van der Waals surface area contributed by atoms with Crippen LogP contribution in [0.25, 0.3) is 0 Å². The third-order valence-electron chi connectivity index (χ3n) is 4.99. The molecule has 1 atom stereocenters. The number of anilines is 1. The Bertz CT molecular complexity index is 1110. The number of nitrogens with one attached hydrogen (secondary N) is 1. The zero-order chi connectivity index (χ0) is 24.2. The molecule has 0 aliphatic carbocycles. The van der Waals surface area contributed by atoms with E-state index < -0.39 is 29.6 Å². The van der Waals surface area contributed by atoms with Gasteiger partial charge in [0.25, 0.3) is 0 Å². The molecule has 3 aromatic rings. The van der Waals surface area contributed by atoms with Crippen LogP contribution in [0.4, 0.5) is 23.2 Å². The van der Waals surface area contributed by atoms with Gasteiger partial charge < -0.3 is 14.6 Å². The summed E-state index contributed by atoms with van der Waals surface area (Å²) in [6, 6.07) is 10.6. The first kappa shape index (κ1) is 24.6. The highest BCUT2D eigenvalue weighted by Gasteiger charge is 2.32. The van der Waals surface area contributed by atoms with Crippen molar-refractivity contribution in [3.05, 3.63) is 88.5 Å². The van der Waals surface area contributed by atoms with E-state index in [0.29, 0.717) is 17.5 Å². The van der Waals surface area contributed by atoms with E-state index in [1.54, 1.807) is 30.7 Å². The first-order valence-corrected chi connectivity index (χ1v) is 10.6. The summed E-state index contributed by atoms with van der Waals surface area (Å²) in [7, 11) is 0. The SMILES string of the molecule is CC(C)C(Nc1ccc(C(F)(F)F)cc1F)C(=O)OCn1ccc(Cc2cccc(Cl)c2)c1. The standard InChI is InChI=1S/C24H23ClF4N2O2/c1-15(2)22(30-21-7-6-18(12-20(21)26)24(27,28)29)23(32)33-14-31-9-8-17(13-31)10-16-4-3-5-19(25)11-16/h3-9,11-13,15,22,30H,10,14H2,1-2H3. The van der Waals surface area contributed by atoms with Gasteiger partial charge in [-0.3, -0.25) is 0 Å². The zero-order valence-corrected chi connectivity index (χ0v) is 18.8. The maximum absolute atomic E-state index is 14.2. The molecular weight excluding hydrogens is 460 g/mol. The first-order chi connectivity index (χ1) is 15.5. The van der Waals surface area contributed by atoms with Gasteiger partial charge in [0.1, 0.15) is 11.9 Å². The molecule has 0 bridgehead atoms. The molecule has 176 valence electrons. The number of benzene rings is 2. The number of carbonyl (C=O) groups excluding carboxylic acids is 1. The van der Waals surface area contributed by atoms with Crippen LogP contribution in [0, 0.1) is 11.7 Å². The highest BCUT2D eigenvalue weighted by atomic mass is 35.5. The molecule has 0 radical (unpaired) electrons. The van der Waals surface area contributed by atoms with Crippen LogP contribution >= 0.6 is 11.6 Å². The topological polar surface area (TPSA) is 43.3 Å². The molecule has 0 aliphatic rings. The van der Waals surface area contributed by atoms with Crippen molar-refractivity contribution >= 4 is 23.3 Å². The highest BCUT2D eigenvalue weighted by Crippen LogP contribution is 2.31. The summed E-state index contributed by atoms with van der Waals surface area (Å²) < 4.78 is 59.5. The number of alkyl halides is 3. The predicted molar refractivity (Wildman–Crippen MR) is 118 cm³/mol. The number of aromatic nitrogens is 1. The second kappa shape index (κ2) is 10.3. The lowest BCUT2D eigenvalue weighted by Gasteiger charge is -2.22. The second-order valence-corrected chi connectivity index (χ2v) is 8.43. The smallest absolute Gasteiger partial charge is 0.416 e. The third-order valence-corrected chi connectivity index (χ3v) is 5.23. The summed E-state index contributed by atoms with van der Waals surface area (Å²) in [4.78, 5) is 12.6. The summed E-state index contributed by atoms with van der Waals surface area (Å²) in [5.74, 6) is -2.05. The van der Waals surface area contributed by atoms with Crippen molar-refractivity contribution in [2.75, 3.05) is 5.32 Å². The lowest BCUT2D eigenvalue weighted by molar-refractivity contribution is -0.149. The highest BCUT2D eigenvalue weighted by molar-refractivity contribution is 6.30. The van der Waals surface area contributed by atoms with Gasteiger partial charge in [0.05, 0.1) is 11.3 Å². The van der Waals surface area contributed by atoms with E-state index in [2.05, 4.69) is 5.32 Å². The molecule has 1 unspecified atom stereocenters. The quantitative estimate of drug-likeness (QED) is 0.293. The molecule has 0 fully saturated rings. The average molecular weight is 483 g/mol. The van der Waals surface area contributed by atoms with Crippen molar-refractivity contribution < 1.29 is 27.1 Å². The lowest BCUT2D eigenvalue weighted by Crippen LogP contribution is -2.36. The summed E-state index contributed by atoms with van der Waals surface area (Å²) in [6.07, 6.45) is -0.398. The molecule has 0 saturated heterocycles. The number of hydrogen-bond acceptors (Lipinski definition) is 3. The Kier molecular flexibility index (Phi) is 7.68. The second-order valence-electron chi connectivity index (χ2n) is 7.99. The van der Waals surface area contributed by atoms with E-state index in [1.165, 1.54) is 0 Å². The Morgan fingerprint density at radius 1 is 1.12 bits per heavy atom. The van der Waals surface area contributed by atoms with Crippen molar-refractivity contribution in [3.8, 4) is 0 Å². The van der Waals surface area contributed by atoms with Crippen LogP contribution in [0.1, 0.15) is 30.5 Å². The largest absolute Gasteiger partial charge is 0.442 e. The van der Waals surface area contributed by atoms with Crippen molar-refractivity contribution in [2.24, 2.45) is 5.92 Å². The Morgan fingerprint density at radius 2 is 1.88 bits per heavy atom. The Hall–Kier alpha value is -3.00. The summed E-state index contributed by atoms with van der Waals surface area (Å²) >= 11 is 6.01. The molecule has 0 aliphatic heterocycles. The molecular formula is C24H23ClF4N2O2.